The van der Waals surface area contributed by atoms with Crippen molar-refractivity contribution in [3.05, 3.63) is 35.4 Å². The van der Waals surface area contributed by atoms with Crippen LogP contribution in [0.2, 0.25) is 0 Å². The van der Waals surface area contributed by atoms with Gasteiger partial charge in [0.05, 0.1) is 5.92 Å². The third-order valence-corrected chi connectivity index (χ3v) is 6.62. The molecule has 1 atom stereocenters. The molecular formula is C21H26F2N2O3. The van der Waals surface area contributed by atoms with Crippen LogP contribution in [0.3, 0.4) is 0 Å². The summed E-state index contributed by atoms with van der Waals surface area (Å²) in [4.78, 5) is 27.4. The van der Waals surface area contributed by atoms with Crippen LogP contribution >= 0.6 is 0 Å². The average Bonchev–Trinajstić information content (AvgIpc) is 3.30. The Bertz CT molecular complexity index is 738. The fourth-order valence-electron chi connectivity index (χ4n) is 5.00. The summed E-state index contributed by atoms with van der Waals surface area (Å²) in [5.41, 5.74) is -0.931. The third kappa shape index (κ3) is 3.52. The van der Waals surface area contributed by atoms with Gasteiger partial charge in [-0.2, -0.15) is 0 Å². The Balaban J connectivity index is 1.57. The van der Waals surface area contributed by atoms with Crippen LogP contribution in [0.25, 0.3) is 0 Å². The van der Waals surface area contributed by atoms with Crippen LogP contribution in [0, 0.1) is 23.0 Å². The molecule has 2 heterocycles. The van der Waals surface area contributed by atoms with Gasteiger partial charge in [-0.05, 0) is 37.8 Å². The summed E-state index contributed by atoms with van der Waals surface area (Å²) in [6.45, 7) is 1.57. The highest BCUT2D eigenvalue weighted by atomic mass is 19.1. The molecule has 5 nitrogen and oxygen atoms in total. The maximum atomic E-state index is 14.1. The first-order valence-corrected chi connectivity index (χ1v) is 10.1. The van der Waals surface area contributed by atoms with Crippen molar-refractivity contribution >= 4 is 11.8 Å². The van der Waals surface area contributed by atoms with Gasteiger partial charge in [0.25, 0.3) is 5.91 Å². The Labute approximate surface area is 163 Å². The van der Waals surface area contributed by atoms with Gasteiger partial charge in [-0.3, -0.25) is 9.59 Å². The maximum Gasteiger partial charge on any atom is 0.259 e. The molecule has 152 valence electrons. The van der Waals surface area contributed by atoms with E-state index in [4.69, 9.17) is 4.74 Å². The molecule has 1 unspecified atom stereocenters. The molecule has 1 spiro atoms. The van der Waals surface area contributed by atoms with Crippen molar-refractivity contribution < 1.29 is 23.1 Å². The lowest BCUT2D eigenvalue weighted by Gasteiger charge is -2.37. The molecule has 0 bridgehead atoms. The second-order valence-electron chi connectivity index (χ2n) is 8.30. The van der Waals surface area contributed by atoms with Gasteiger partial charge in [-0.1, -0.05) is 18.9 Å². The summed E-state index contributed by atoms with van der Waals surface area (Å²) >= 11 is 0. The fraction of sp³-hybridized carbons (Fsp3) is 0.619. The van der Waals surface area contributed by atoms with Crippen molar-refractivity contribution in [2.24, 2.45) is 11.3 Å². The first kappa shape index (κ1) is 19.3. The van der Waals surface area contributed by atoms with Gasteiger partial charge in [-0.15, -0.1) is 0 Å². The van der Waals surface area contributed by atoms with E-state index in [2.05, 4.69) is 5.32 Å². The summed E-state index contributed by atoms with van der Waals surface area (Å²) in [5, 5.41) is 3.15. The third-order valence-electron chi connectivity index (χ3n) is 6.62. The van der Waals surface area contributed by atoms with Crippen molar-refractivity contribution in [3.8, 4) is 0 Å². The lowest BCUT2D eigenvalue weighted by molar-refractivity contribution is -0.130. The van der Waals surface area contributed by atoms with Gasteiger partial charge >= 0.3 is 0 Å². The van der Waals surface area contributed by atoms with Gasteiger partial charge in [0.2, 0.25) is 5.91 Å². The zero-order chi connectivity index (χ0) is 19.7. The Morgan fingerprint density at radius 1 is 1.11 bits per heavy atom. The smallest absolute Gasteiger partial charge is 0.259 e. The van der Waals surface area contributed by atoms with Crippen molar-refractivity contribution in [1.29, 1.82) is 0 Å². The van der Waals surface area contributed by atoms with Crippen molar-refractivity contribution in [3.63, 3.8) is 0 Å². The summed E-state index contributed by atoms with van der Waals surface area (Å²) < 4.78 is 33.7. The molecule has 0 aromatic heterocycles. The zero-order valence-electron chi connectivity index (χ0n) is 15.9. The average molecular weight is 392 g/mol. The van der Waals surface area contributed by atoms with Crippen molar-refractivity contribution in [2.45, 2.75) is 44.6 Å². The van der Waals surface area contributed by atoms with Crippen LogP contribution in [-0.2, 0) is 9.53 Å². The molecule has 7 heteroatoms. The minimum atomic E-state index is -0.870. The quantitative estimate of drug-likeness (QED) is 0.861. The van der Waals surface area contributed by atoms with Crippen molar-refractivity contribution in [1.82, 2.24) is 10.2 Å². The molecule has 1 aromatic carbocycles. The Hall–Kier alpha value is -2.02. The largest absolute Gasteiger partial charge is 0.381 e. The van der Waals surface area contributed by atoms with Crippen LogP contribution in [0.1, 0.15) is 48.9 Å². The summed E-state index contributed by atoms with van der Waals surface area (Å²) in [6.07, 6.45) is 5.53. The molecule has 1 N–H and O–H groups in total. The Morgan fingerprint density at radius 2 is 1.75 bits per heavy atom. The molecule has 1 aliphatic carbocycles. The predicted molar refractivity (Wildman–Crippen MR) is 98.6 cm³/mol. The fourth-order valence-corrected chi connectivity index (χ4v) is 5.00. The lowest BCUT2D eigenvalue weighted by Crippen LogP contribution is -2.46. The SMILES string of the molecule is O=C(NC1CCCC1)C1CN(C(=O)c2c(F)cccc2F)CC12CCOCC2. The van der Waals surface area contributed by atoms with Crippen LogP contribution in [-0.4, -0.2) is 49.1 Å². The van der Waals surface area contributed by atoms with Crippen LogP contribution in [0.4, 0.5) is 8.78 Å². The number of hydrogen-bond acceptors (Lipinski definition) is 3. The number of carbonyl (C=O) groups is 2. The normalized spacial score (nSPS) is 24.6. The number of benzene rings is 1. The van der Waals surface area contributed by atoms with E-state index in [1.165, 1.54) is 11.0 Å². The molecule has 2 saturated heterocycles. The van der Waals surface area contributed by atoms with E-state index < -0.39 is 28.5 Å². The summed E-state index contributed by atoms with van der Waals surface area (Å²) in [7, 11) is 0. The first-order valence-electron chi connectivity index (χ1n) is 10.1. The second kappa shape index (κ2) is 7.78. The number of halogens is 2. The van der Waals surface area contributed by atoms with Gasteiger partial charge in [0, 0.05) is 37.8 Å². The molecule has 3 aliphatic rings. The maximum absolute atomic E-state index is 14.1. The number of hydrogen-bond donors (Lipinski definition) is 1. The molecule has 28 heavy (non-hydrogen) atoms. The zero-order valence-corrected chi connectivity index (χ0v) is 15.9. The standard InChI is InChI=1S/C21H26F2N2O3/c22-16-6-3-7-17(23)18(16)20(27)25-12-15(19(26)24-14-4-1-2-5-14)21(13-25)8-10-28-11-9-21/h3,6-7,14-15H,1-2,4-5,8-13H2,(H,24,26). The molecule has 2 amide bonds. The number of nitrogens with one attached hydrogen (secondary N) is 1. The van der Waals surface area contributed by atoms with Crippen LogP contribution < -0.4 is 5.32 Å². The van der Waals surface area contributed by atoms with Gasteiger partial charge in [0.15, 0.2) is 0 Å². The number of likely N-dealkylation sites (tertiary alicyclic amines) is 1. The Kier molecular flexibility index (Phi) is 5.36. The van der Waals surface area contributed by atoms with Crippen LogP contribution in [0.15, 0.2) is 18.2 Å². The van der Waals surface area contributed by atoms with E-state index in [9.17, 15) is 18.4 Å². The second-order valence-corrected chi connectivity index (χ2v) is 8.30. The molecule has 0 radical (unpaired) electrons. The van der Waals surface area contributed by atoms with E-state index in [-0.39, 0.29) is 24.4 Å². The highest BCUT2D eigenvalue weighted by Crippen LogP contribution is 2.45. The first-order chi connectivity index (χ1) is 13.5. The molecular weight excluding hydrogens is 366 g/mol. The van der Waals surface area contributed by atoms with E-state index >= 15 is 0 Å². The van der Waals surface area contributed by atoms with Gasteiger partial charge in [-0.25, -0.2) is 8.78 Å². The molecule has 3 fully saturated rings. The highest BCUT2D eigenvalue weighted by molar-refractivity contribution is 5.95. The molecule has 1 saturated carbocycles. The van der Waals surface area contributed by atoms with E-state index in [1.807, 2.05) is 0 Å². The van der Waals surface area contributed by atoms with Crippen molar-refractivity contribution in [2.75, 3.05) is 26.3 Å². The van der Waals surface area contributed by atoms with Gasteiger partial charge < -0.3 is 15.0 Å². The highest BCUT2D eigenvalue weighted by Gasteiger charge is 2.52. The van der Waals surface area contributed by atoms with E-state index in [1.54, 1.807) is 0 Å². The summed E-state index contributed by atoms with van der Waals surface area (Å²) in [5.74, 6) is -2.85. The number of rotatable bonds is 3. The molecule has 2 aliphatic heterocycles. The molecule has 1 aromatic rings. The Morgan fingerprint density at radius 3 is 2.39 bits per heavy atom. The number of ether oxygens (including phenoxy) is 1. The van der Waals surface area contributed by atoms with E-state index in [0.717, 1.165) is 37.8 Å². The minimum absolute atomic E-state index is 0.0434. The number of nitrogens with zero attached hydrogens (tertiary/aromatic N) is 1. The van der Waals surface area contributed by atoms with Crippen LogP contribution in [0.5, 0.6) is 0 Å². The predicted octanol–water partition coefficient (Wildman–Crippen LogP) is 2.89. The topological polar surface area (TPSA) is 58.6 Å². The van der Waals surface area contributed by atoms with E-state index in [0.29, 0.717) is 32.6 Å². The number of carbonyl (C=O) groups excluding carboxylic acids is 2. The molecule has 4 rings (SSSR count). The number of amides is 2. The summed E-state index contributed by atoms with van der Waals surface area (Å²) in [6, 6.07) is 3.60. The monoisotopic (exact) mass is 392 g/mol. The lowest BCUT2D eigenvalue weighted by atomic mass is 9.71. The minimum Gasteiger partial charge on any atom is -0.381 e. The van der Waals surface area contributed by atoms with Gasteiger partial charge in [0.1, 0.15) is 17.2 Å².